The minimum Gasteiger partial charge on any atom is -0.377 e. The fourth-order valence-corrected chi connectivity index (χ4v) is 0.110. The van der Waals surface area contributed by atoms with E-state index in [-0.39, 0.29) is 0 Å². The molecular weight excluding hydrogens is 120 g/mol. The second-order valence-electron chi connectivity index (χ2n) is 1.37. The van der Waals surface area contributed by atoms with Crippen LogP contribution in [0.15, 0.2) is 4.99 Å². The number of carbonyl (C=O) groups excluding carboxylic acids is 1. The van der Waals surface area contributed by atoms with Crippen molar-refractivity contribution < 1.29 is 9.53 Å². The van der Waals surface area contributed by atoms with Gasteiger partial charge in [0.15, 0.2) is 0 Å². The topological polar surface area (TPSA) is 68.0 Å². The third-order valence-electron chi connectivity index (χ3n) is 0.510. The maximum atomic E-state index is 9.22. The molecule has 4 heteroatoms. The number of epoxide rings is 1. The number of ether oxygens (including phenoxy) is 1. The summed E-state index contributed by atoms with van der Waals surface area (Å²) in [6.07, 6.45) is 1.36. The smallest absolute Gasteiger partial charge is 0.234 e. The summed E-state index contributed by atoms with van der Waals surface area (Å²) < 4.78 is 4.50. The predicted octanol–water partition coefficient (Wildman–Crippen LogP) is -0.703. The Balaban J connectivity index is 0.000000173. The van der Waals surface area contributed by atoms with Crippen molar-refractivity contribution >= 4 is 6.08 Å². The number of rotatable bonds is 2. The van der Waals surface area contributed by atoms with E-state index in [2.05, 4.69) is 9.73 Å². The Bertz CT molecular complexity index is 94.4. The summed E-state index contributed by atoms with van der Waals surface area (Å²) in [5, 5.41) is 0. The summed E-state index contributed by atoms with van der Waals surface area (Å²) in [6, 6.07) is 0. The molecule has 0 atom stereocenters. The molecule has 0 aromatic heterocycles. The number of hydrogen-bond donors (Lipinski definition) is 1. The van der Waals surface area contributed by atoms with Crippen LogP contribution in [0.5, 0.6) is 0 Å². The van der Waals surface area contributed by atoms with E-state index in [9.17, 15) is 4.79 Å². The Labute approximate surface area is 53.7 Å². The van der Waals surface area contributed by atoms with Gasteiger partial charge in [-0.15, -0.1) is 0 Å². The van der Waals surface area contributed by atoms with Crippen LogP contribution in [-0.2, 0) is 9.53 Å². The lowest BCUT2D eigenvalue weighted by molar-refractivity contribution is 0.475. The van der Waals surface area contributed by atoms with Gasteiger partial charge in [0.25, 0.3) is 0 Å². The predicted molar refractivity (Wildman–Crippen MR) is 32.9 cm³/mol. The van der Waals surface area contributed by atoms with E-state index in [4.69, 9.17) is 5.73 Å². The van der Waals surface area contributed by atoms with Crippen LogP contribution in [0.1, 0.15) is 0 Å². The van der Waals surface area contributed by atoms with E-state index >= 15 is 0 Å². The highest BCUT2D eigenvalue weighted by molar-refractivity contribution is 5.32. The summed E-state index contributed by atoms with van der Waals surface area (Å²) in [6.45, 7) is 2.82. The molecule has 0 aliphatic carbocycles. The molecule has 0 amide bonds. The summed E-state index contributed by atoms with van der Waals surface area (Å²) in [5.74, 6) is 0. The first kappa shape index (κ1) is 8.30. The third kappa shape index (κ3) is 18.8. The quantitative estimate of drug-likeness (QED) is 0.305. The van der Waals surface area contributed by atoms with Crippen LogP contribution in [0.4, 0.5) is 0 Å². The SMILES string of the molecule is C1CO1.NCCN=C=O. The first-order valence-electron chi connectivity index (χ1n) is 2.73. The number of nitrogens with two attached hydrogens (primary N) is 1. The van der Waals surface area contributed by atoms with Crippen LogP contribution in [0.3, 0.4) is 0 Å². The van der Waals surface area contributed by atoms with E-state index in [1.165, 1.54) is 6.08 Å². The molecule has 0 aromatic rings. The average Bonchev–Trinajstić information content (AvgIpc) is 2.67. The minimum absolute atomic E-state index is 0.392. The third-order valence-corrected chi connectivity index (χ3v) is 0.510. The molecule has 0 saturated carbocycles. The normalized spacial score (nSPS) is 12.6. The van der Waals surface area contributed by atoms with Crippen molar-refractivity contribution in [1.29, 1.82) is 0 Å². The molecule has 0 radical (unpaired) electrons. The molecule has 52 valence electrons. The molecule has 1 aliphatic rings. The molecule has 1 fully saturated rings. The molecule has 4 nitrogen and oxygen atoms in total. The summed E-state index contributed by atoms with van der Waals surface area (Å²) in [7, 11) is 0. The summed E-state index contributed by atoms with van der Waals surface area (Å²) in [5.41, 5.74) is 4.94. The van der Waals surface area contributed by atoms with Crippen LogP contribution >= 0.6 is 0 Å². The van der Waals surface area contributed by atoms with Gasteiger partial charge in [-0.2, -0.15) is 0 Å². The summed E-state index contributed by atoms with van der Waals surface area (Å²) in [4.78, 5) is 12.4. The van der Waals surface area contributed by atoms with Gasteiger partial charge in [0.05, 0.1) is 19.8 Å². The number of hydrogen-bond acceptors (Lipinski definition) is 4. The second-order valence-corrected chi connectivity index (χ2v) is 1.37. The maximum absolute atomic E-state index is 9.22. The molecule has 0 unspecified atom stereocenters. The molecular formula is C5H10N2O2. The second kappa shape index (κ2) is 7.30. The largest absolute Gasteiger partial charge is 0.377 e. The van der Waals surface area contributed by atoms with Gasteiger partial charge in [-0.05, 0) is 0 Å². The monoisotopic (exact) mass is 130 g/mol. The van der Waals surface area contributed by atoms with Gasteiger partial charge in [-0.1, -0.05) is 0 Å². The van der Waals surface area contributed by atoms with E-state index in [1.54, 1.807) is 0 Å². The molecule has 0 aromatic carbocycles. The fourth-order valence-electron chi connectivity index (χ4n) is 0.110. The lowest BCUT2D eigenvalue weighted by Crippen LogP contribution is -2.01. The van der Waals surface area contributed by atoms with Crippen LogP contribution in [-0.4, -0.2) is 32.4 Å². The fraction of sp³-hybridized carbons (Fsp3) is 0.800. The van der Waals surface area contributed by atoms with E-state index < -0.39 is 0 Å². The zero-order valence-corrected chi connectivity index (χ0v) is 5.17. The van der Waals surface area contributed by atoms with Gasteiger partial charge >= 0.3 is 0 Å². The van der Waals surface area contributed by atoms with E-state index in [1.807, 2.05) is 0 Å². The van der Waals surface area contributed by atoms with Crippen LogP contribution in [0.25, 0.3) is 0 Å². The first-order chi connectivity index (χ1) is 4.41. The maximum Gasteiger partial charge on any atom is 0.234 e. The van der Waals surface area contributed by atoms with Crippen molar-refractivity contribution in [3.63, 3.8) is 0 Å². The van der Waals surface area contributed by atoms with Crippen LogP contribution in [0, 0.1) is 0 Å². The molecule has 2 N–H and O–H groups in total. The van der Waals surface area contributed by atoms with E-state index in [0.717, 1.165) is 13.2 Å². The average molecular weight is 130 g/mol. The van der Waals surface area contributed by atoms with Crippen LogP contribution in [0.2, 0.25) is 0 Å². The van der Waals surface area contributed by atoms with Gasteiger partial charge in [-0.25, -0.2) is 9.79 Å². The Kier molecular flexibility index (Phi) is 6.73. The van der Waals surface area contributed by atoms with Gasteiger partial charge in [0.1, 0.15) is 0 Å². The lowest BCUT2D eigenvalue weighted by Gasteiger charge is -1.73. The zero-order chi connectivity index (χ0) is 6.95. The zero-order valence-electron chi connectivity index (χ0n) is 5.17. The molecule has 1 rings (SSSR count). The Hall–Kier alpha value is -0.700. The van der Waals surface area contributed by atoms with Crippen LogP contribution < -0.4 is 5.73 Å². The Morgan fingerprint density at radius 1 is 1.67 bits per heavy atom. The Morgan fingerprint density at radius 3 is 2.33 bits per heavy atom. The molecule has 9 heavy (non-hydrogen) atoms. The van der Waals surface area contributed by atoms with Crippen molar-refractivity contribution in [3.8, 4) is 0 Å². The highest BCUT2D eigenvalue weighted by Gasteiger charge is 1.94. The van der Waals surface area contributed by atoms with Gasteiger partial charge in [-0.3, -0.25) is 0 Å². The standard InChI is InChI=1S/C3H6N2O.C2H4O/c4-1-2-5-3-6;1-2-3-1/h1-2,4H2;1-2H2. The molecule has 1 saturated heterocycles. The summed E-state index contributed by atoms with van der Waals surface area (Å²) >= 11 is 0. The highest BCUT2D eigenvalue weighted by Crippen LogP contribution is 1.84. The van der Waals surface area contributed by atoms with Crippen molar-refractivity contribution in [1.82, 2.24) is 0 Å². The number of isocyanates is 1. The Morgan fingerprint density at radius 2 is 2.22 bits per heavy atom. The van der Waals surface area contributed by atoms with Crippen molar-refractivity contribution in [2.45, 2.75) is 0 Å². The van der Waals surface area contributed by atoms with Gasteiger partial charge in [0, 0.05) is 6.54 Å². The lowest BCUT2D eigenvalue weighted by atomic mass is 10.7. The first-order valence-corrected chi connectivity index (χ1v) is 2.73. The molecule has 0 spiro atoms. The van der Waals surface area contributed by atoms with E-state index in [0.29, 0.717) is 13.1 Å². The molecule has 1 aliphatic heterocycles. The molecule has 0 bridgehead atoms. The highest BCUT2D eigenvalue weighted by atomic mass is 16.6. The number of aliphatic imine (C=N–C) groups is 1. The minimum atomic E-state index is 0.392. The van der Waals surface area contributed by atoms with Crippen molar-refractivity contribution in [2.75, 3.05) is 26.3 Å². The van der Waals surface area contributed by atoms with Crippen molar-refractivity contribution in [2.24, 2.45) is 10.7 Å². The molecule has 1 heterocycles. The van der Waals surface area contributed by atoms with Crippen molar-refractivity contribution in [3.05, 3.63) is 0 Å². The number of nitrogens with zero attached hydrogens (tertiary/aromatic N) is 1. The van der Waals surface area contributed by atoms with Gasteiger partial charge in [0.2, 0.25) is 6.08 Å². The van der Waals surface area contributed by atoms with Gasteiger partial charge < -0.3 is 10.5 Å².